The van der Waals surface area contributed by atoms with Crippen LogP contribution in [0.5, 0.6) is 0 Å². The highest BCUT2D eigenvalue weighted by atomic mass is 31.2. The molecule has 0 radical (unpaired) electrons. The lowest BCUT2D eigenvalue weighted by Crippen LogP contribution is -2.29. The molecule has 0 saturated heterocycles. The Morgan fingerprint density at radius 2 is 1.40 bits per heavy atom. The first kappa shape index (κ1) is 17.6. The average Bonchev–Trinajstić information content (AvgIpc) is 1.95. The molecule has 0 aromatic heterocycles. The van der Waals surface area contributed by atoms with E-state index in [4.69, 9.17) is 25.3 Å². The van der Waals surface area contributed by atoms with Crippen molar-refractivity contribution in [2.45, 2.75) is 17.9 Å². The van der Waals surface area contributed by atoms with Crippen molar-refractivity contribution in [1.29, 1.82) is 0 Å². The summed E-state index contributed by atoms with van der Waals surface area (Å²) in [4.78, 5) is 34.5. The number of nitrogens with two attached hydrogens (primary N) is 1. The first-order valence-electron chi connectivity index (χ1n) is 3.60. The number of aliphatic hydroxyl groups is 1. The Morgan fingerprint density at radius 1 is 1.07 bits per heavy atom. The lowest BCUT2D eigenvalue weighted by atomic mass is 10.3. The highest BCUT2D eigenvalue weighted by Gasteiger charge is 2.58. The topological polar surface area (TPSA) is 196 Å². The molecule has 11 heteroatoms. The maximum absolute atomic E-state index is 10.7. The second-order valence-corrected chi connectivity index (χ2v) is 6.76. The number of rotatable bonds is 5. The quantitative estimate of drug-likeness (QED) is 0.301. The standard InChI is InChI=1S/C4H13NO7P2.H3N/c5-3-1-2-4(6,13(7,8)9)14(10,11)12;/h6H,1-3,5H2,(H2,7,8,9)(H2,10,11,12);1H3. The van der Waals surface area contributed by atoms with Crippen molar-refractivity contribution in [3.8, 4) is 0 Å². The molecule has 0 rings (SSSR count). The highest BCUT2D eigenvalue weighted by Crippen LogP contribution is 2.69. The van der Waals surface area contributed by atoms with Crippen LogP contribution in [-0.2, 0) is 9.13 Å². The molecular formula is C4H16N2O7P2. The average molecular weight is 266 g/mol. The second kappa shape index (κ2) is 5.49. The van der Waals surface area contributed by atoms with Crippen molar-refractivity contribution in [2.24, 2.45) is 5.73 Å². The summed E-state index contributed by atoms with van der Waals surface area (Å²) in [7, 11) is -10.6. The lowest BCUT2D eigenvalue weighted by molar-refractivity contribution is 0.121. The van der Waals surface area contributed by atoms with E-state index in [9.17, 15) is 14.2 Å². The predicted octanol–water partition coefficient (Wildman–Crippen LogP) is -1.11. The van der Waals surface area contributed by atoms with Crippen molar-refractivity contribution < 1.29 is 33.8 Å². The molecule has 0 aliphatic heterocycles. The fourth-order valence-corrected chi connectivity index (χ4v) is 3.06. The summed E-state index contributed by atoms with van der Waals surface area (Å²) in [6, 6.07) is 0. The Bertz CT molecular complexity index is 261. The summed E-state index contributed by atoms with van der Waals surface area (Å²) in [6.45, 7) is -0.0394. The van der Waals surface area contributed by atoms with Gasteiger partial charge < -0.3 is 36.6 Å². The van der Waals surface area contributed by atoms with Crippen molar-refractivity contribution in [1.82, 2.24) is 6.15 Å². The normalized spacial score (nSPS) is 13.5. The zero-order valence-electron chi connectivity index (χ0n) is 7.85. The second-order valence-electron chi connectivity index (χ2n) is 2.75. The molecule has 0 unspecified atom stereocenters. The summed E-state index contributed by atoms with van der Waals surface area (Å²) in [5.74, 6) is 0. The van der Waals surface area contributed by atoms with Crippen LogP contribution in [0.25, 0.3) is 0 Å². The molecule has 94 valence electrons. The van der Waals surface area contributed by atoms with Gasteiger partial charge in [0.15, 0.2) is 0 Å². The summed E-state index contributed by atoms with van der Waals surface area (Å²) in [5.41, 5.74) is 5.01. The molecule has 0 heterocycles. The van der Waals surface area contributed by atoms with E-state index in [1.807, 2.05) is 0 Å². The fourth-order valence-electron chi connectivity index (χ4n) is 0.800. The molecule has 0 saturated carbocycles. The number of hydrogen-bond acceptors (Lipinski definition) is 5. The Labute approximate surface area is 86.2 Å². The van der Waals surface area contributed by atoms with Gasteiger partial charge in [-0.2, -0.15) is 0 Å². The molecule has 9 nitrogen and oxygen atoms in total. The monoisotopic (exact) mass is 266 g/mol. The Morgan fingerprint density at radius 3 is 1.60 bits per heavy atom. The Hall–Kier alpha value is 0.180. The van der Waals surface area contributed by atoms with Crippen LogP contribution >= 0.6 is 15.2 Å². The van der Waals surface area contributed by atoms with Gasteiger partial charge in [-0.25, -0.2) is 0 Å². The minimum absolute atomic E-state index is 0. The molecule has 10 N–H and O–H groups in total. The van der Waals surface area contributed by atoms with Crippen molar-refractivity contribution in [3.05, 3.63) is 0 Å². The van der Waals surface area contributed by atoms with E-state index in [1.165, 1.54) is 0 Å². The van der Waals surface area contributed by atoms with Gasteiger partial charge in [-0.3, -0.25) is 9.13 Å². The van der Waals surface area contributed by atoms with Gasteiger partial charge in [0.05, 0.1) is 0 Å². The van der Waals surface area contributed by atoms with E-state index < -0.39 is 26.7 Å². The fraction of sp³-hybridized carbons (Fsp3) is 1.00. The third-order valence-corrected chi connectivity index (χ3v) is 5.53. The summed E-state index contributed by atoms with van der Waals surface area (Å²) >= 11 is 0. The summed E-state index contributed by atoms with van der Waals surface area (Å²) < 4.78 is 21.4. The summed E-state index contributed by atoms with van der Waals surface area (Å²) in [6.07, 6.45) is -0.856. The minimum atomic E-state index is -5.30. The van der Waals surface area contributed by atoms with E-state index in [-0.39, 0.29) is 19.1 Å². The van der Waals surface area contributed by atoms with Gasteiger partial charge in [-0.15, -0.1) is 0 Å². The van der Waals surface area contributed by atoms with Gasteiger partial charge in [0, 0.05) is 6.42 Å². The van der Waals surface area contributed by atoms with Gasteiger partial charge in [-0.05, 0) is 13.0 Å². The van der Waals surface area contributed by atoms with E-state index >= 15 is 0 Å². The van der Waals surface area contributed by atoms with Crippen molar-refractivity contribution in [2.75, 3.05) is 6.54 Å². The van der Waals surface area contributed by atoms with Crippen LogP contribution in [0.1, 0.15) is 12.8 Å². The van der Waals surface area contributed by atoms with E-state index in [0.29, 0.717) is 0 Å². The molecule has 0 bridgehead atoms. The predicted molar refractivity (Wildman–Crippen MR) is 52.3 cm³/mol. The molecule has 0 aliphatic rings. The molecule has 0 atom stereocenters. The molecule has 0 aromatic rings. The SMILES string of the molecule is N.NCCCC(O)(P(=O)(O)O)P(=O)(O)O. The molecule has 0 spiro atoms. The minimum Gasteiger partial charge on any atom is -0.368 e. The van der Waals surface area contributed by atoms with Crippen molar-refractivity contribution >= 4 is 15.2 Å². The van der Waals surface area contributed by atoms with Crippen molar-refractivity contribution in [3.63, 3.8) is 0 Å². The Balaban J connectivity index is 0. The third-order valence-electron chi connectivity index (χ3n) is 1.65. The number of hydrogen-bond donors (Lipinski definition) is 7. The first-order valence-corrected chi connectivity index (χ1v) is 6.82. The van der Waals surface area contributed by atoms with E-state index in [2.05, 4.69) is 0 Å². The Kier molecular flexibility index (Phi) is 6.43. The maximum Gasteiger partial charge on any atom is 0.369 e. The first-order chi connectivity index (χ1) is 6.06. The highest BCUT2D eigenvalue weighted by molar-refractivity contribution is 7.72. The lowest BCUT2D eigenvalue weighted by Gasteiger charge is -2.28. The molecule has 0 aliphatic carbocycles. The third kappa shape index (κ3) is 3.92. The summed E-state index contributed by atoms with van der Waals surface area (Å²) in [5, 5.41) is 5.91. The zero-order chi connectivity index (χ0) is 11.6. The van der Waals surface area contributed by atoms with Gasteiger partial charge >= 0.3 is 15.2 Å². The van der Waals surface area contributed by atoms with Gasteiger partial charge in [0.1, 0.15) is 0 Å². The van der Waals surface area contributed by atoms with Gasteiger partial charge in [-0.1, -0.05) is 0 Å². The van der Waals surface area contributed by atoms with Crippen LogP contribution in [0.2, 0.25) is 0 Å². The maximum atomic E-state index is 10.7. The molecule has 15 heavy (non-hydrogen) atoms. The van der Waals surface area contributed by atoms with Gasteiger partial charge in [0.25, 0.3) is 5.08 Å². The van der Waals surface area contributed by atoms with E-state index in [0.717, 1.165) is 0 Å². The molecule has 0 amide bonds. The molecular weight excluding hydrogens is 250 g/mol. The smallest absolute Gasteiger partial charge is 0.368 e. The molecule has 0 fully saturated rings. The molecule has 0 aromatic carbocycles. The van der Waals surface area contributed by atoms with E-state index in [1.54, 1.807) is 0 Å². The largest absolute Gasteiger partial charge is 0.369 e. The van der Waals surface area contributed by atoms with Crippen LogP contribution < -0.4 is 11.9 Å². The van der Waals surface area contributed by atoms with Crippen LogP contribution in [0.15, 0.2) is 0 Å². The van der Waals surface area contributed by atoms with Gasteiger partial charge in [0.2, 0.25) is 0 Å². The van der Waals surface area contributed by atoms with Crippen LogP contribution in [0.3, 0.4) is 0 Å². The van der Waals surface area contributed by atoms with Crippen LogP contribution in [0.4, 0.5) is 0 Å². The van der Waals surface area contributed by atoms with Crippen LogP contribution in [-0.4, -0.2) is 36.3 Å². The zero-order valence-corrected chi connectivity index (χ0v) is 9.64. The van der Waals surface area contributed by atoms with Crippen LogP contribution in [0, 0.1) is 0 Å².